The summed E-state index contributed by atoms with van der Waals surface area (Å²) in [6, 6.07) is 14.7. The van der Waals surface area contributed by atoms with Gasteiger partial charge in [-0.2, -0.15) is 0 Å². The van der Waals surface area contributed by atoms with Crippen molar-refractivity contribution in [3.8, 4) is 11.1 Å². The van der Waals surface area contributed by atoms with E-state index in [0.717, 1.165) is 9.35 Å². The molecule has 3 heteroatoms. The summed E-state index contributed by atoms with van der Waals surface area (Å²) in [4.78, 5) is 1.05. The minimum Gasteiger partial charge on any atom is -0.391 e. The van der Waals surface area contributed by atoms with Crippen molar-refractivity contribution in [3.63, 3.8) is 0 Å². The Labute approximate surface area is 124 Å². The van der Waals surface area contributed by atoms with Crippen LogP contribution in [0.4, 0.5) is 0 Å². The number of aliphatic hydroxyl groups excluding tert-OH is 1. The van der Waals surface area contributed by atoms with Crippen LogP contribution in [0.5, 0.6) is 0 Å². The molecule has 0 bridgehead atoms. The maximum Gasteiger partial charge on any atom is 0.0777 e. The standard InChI is InChI=1S/C16H13BrOS/c1-10-13-6-3-7-14(16(13)19-15(10)9-18)11-4-2-5-12(17)8-11/h2-8,18H,9H2,1H3. The van der Waals surface area contributed by atoms with Gasteiger partial charge in [0.05, 0.1) is 6.61 Å². The third kappa shape index (κ3) is 2.22. The molecule has 0 spiro atoms. The average molecular weight is 333 g/mol. The smallest absolute Gasteiger partial charge is 0.0777 e. The number of rotatable bonds is 2. The Morgan fingerprint density at radius 2 is 1.95 bits per heavy atom. The molecular formula is C16H13BrOS. The van der Waals surface area contributed by atoms with Crippen molar-refractivity contribution in [1.82, 2.24) is 0 Å². The van der Waals surface area contributed by atoms with Crippen LogP contribution >= 0.6 is 27.3 Å². The monoisotopic (exact) mass is 332 g/mol. The van der Waals surface area contributed by atoms with Crippen molar-refractivity contribution in [2.24, 2.45) is 0 Å². The van der Waals surface area contributed by atoms with Crippen LogP contribution in [0.25, 0.3) is 21.2 Å². The Morgan fingerprint density at radius 1 is 1.16 bits per heavy atom. The normalized spacial score (nSPS) is 11.1. The summed E-state index contributed by atoms with van der Waals surface area (Å²) in [5.41, 5.74) is 3.62. The van der Waals surface area contributed by atoms with Gasteiger partial charge in [0.1, 0.15) is 0 Å². The number of hydrogen-bond acceptors (Lipinski definition) is 2. The molecule has 19 heavy (non-hydrogen) atoms. The van der Waals surface area contributed by atoms with Crippen LogP contribution in [-0.4, -0.2) is 5.11 Å². The summed E-state index contributed by atoms with van der Waals surface area (Å²) in [6.07, 6.45) is 0. The van der Waals surface area contributed by atoms with Crippen LogP contribution in [0.1, 0.15) is 10.4 Å². The van der Waals surface area contributed by atoms with E-state index in [2.05, 4.69) is 53.2 Å². The van der Waals surface area contributed by atoms with Crippen LogP contribution in [0.3, 0.4) is 0 Å². The van der Waals surface area contributed by atoms with Gasteiger partial charge >= 0.3 is 0 Å². The van der Waals surface area contributed by atoms with Crippen LogP contribution in [-0.2, 0) is 6.61 Å². The molecule has 1 heterocycles. The molecule has 1 aromatic heterocycles. The maximum atomic E-state index is 9.43. The molecule has 0 amide bonds. The van der Waals surface area contributed by atoms with Crippen LogP contribution < -0.4 is 0 Å². The summed E-state index contributed by atoms with van der Waals surface area (Å²) in [7, 11) is 0. The van der Waals surface area contributed by atoms with E-state index < -0.39 is 0 Å². The lowest BCUT2D eigenvalue weighted by atomic mass is 10.0. The molecule has 3 rings (SSSR count). The summed E-state index contributed by atoms with van der Waals surface area (Å²) < 4.78 is 2.33. The number of hydrogen-bond donors (Lipinski definition) is 1. The van der Waals surface area contributed by atoms with E-state index in [1.165, 1.54) is 26.8 Å². The number of benzene rings is 2. The summed E-state index contributed by atoms with van der Waals surface area (Å²) in [5, 5.41) is 10.7. The lowest BCUT2D eigenvalue weighted by Gasteiger charge is -2.04. The molecule has 0 radical (unpaired) electrons. The van der Waals surface area contributed by atoms with Crippen molar-refractivity contribution < 1.29 is 5.11 Å². The molecule has 2 aromatic carbocycles. The van der Waals surface area contributed by atoms with Gasteiger partial charge < -0.3 is 5.11 Å². The number of aliphatic hydroxyl groups is 1. The second-order valence-corrected chi connectivity index (χ2v) is 6.52. The summed E-state index contributed by atoms with van der Waals surface area (Å²) in [5.74, 6) is 0. The molecule has 0 aliphatic rings. The largest absolute Gasteiger partial charge is 0.391 e. The topological polar surface area (TPSA) is 20.2 Å². The third-order valence-electron chi connectivity index (χ3n) is 3.34. The first-order valence-corrected chi connectivity index (χ1v) is 7.69. The van der Waals surface area contributed by atoms with Gasteiger partial charge in [-0.25, -0.2) is 0 Å². The Morgan fingerprint density at radius 3 is 2.68 bits per heavy atom. The molecule has 0 saturated carbocycles. The van der Waals surface area contributed by atoms with Gasteiger partial charge in [-0.05, 0) is 41.1 Å². The van der Waals surface area contributed by atoms with E-state index >= 15 is 0 Å². The number of fused-ring (bicyclic) bond motifs is 1. The highest BCUT2D eigenvalue weighted by Crippen LogP contribution is 2.38. The predicted molar refractivity (Wildman–Crippen MR) is 85.6 cm³/mol. The summed E-state index contributed by atoms with van der Waals surface area (Å²) >= 11 is 5.21. The first-order valence-electron chi connectivity index (χ1n) is 6.08. The van der Waals surface area contributed by atoms with Gasteiger partial charge in [0.25, 0.3) is 0 Å². The van der Waals surface area contributed by atoms with Gasteiger partial charge in [-0.15, -0.1) is 11.3 Å². The lowest BCUT2D eigenvalue weighted by Crippen LogP contribution is -1.80. The first kappa shape index (κ1) is 12.9. The van der Waals surface area contributed by atoms with Crippen molar-refractivity contribution in [1.29, 1.82) is 0 Å². The maximum absolute atomic E-state index is 9.43. The van der Waals surface area contributed by atoms with Gasteiger partial charge in [-0.3, -0.25) is 0 Å². The Bertz CT molecular complexity index is 746. The van der Waals surface area contributed by atoms with Crippen molar-refractivity contribution >= 4 is 37.4 Å². The van der Waals surface area contributed by atoms with Crippen molar-refractivity contribution in [2.75, 3.05) is 0 Å². The van der Waals surface area contributed by atoms with Gasteiger partial charge in [0.2, 0.25) is 0 Å². The lowest BCUT2D eigenvalue weighted by molar-refractivity contribution is 0.285. The Kier molecular flexibility index (Phi) is 3.44. The van der Waals surface area contributed by atoms with E-state index in [1.807, 2.05) is 12.1 Å². The zero-order valence-electron chi connectivity index (χ0n) is 10.5. The molecule has 96 valence electrons. The average Bonchev–Trinajstić information content (AvgIpc) is 2.75. The summed E-state index contributed by atoms with van der Waals surface area (Å²) in [6.45, 7) is 2.19. The van der Waals surface area contributed by atoms with E-state index in [-0.39, 0.29) is 6.61 Å². The van der Waals surface area contributed by atoms with E-state index in [9.17, 15) is 5.11 Å². The minimum absolute atomic E-state index is 0.114. The quantitative estimate of drug-likeness (QED) is 0.689. The molecule has 0 unspecified atom stereocenters. The Balaban J connectivity index is 2.30. The van der Waals surface area contributed by atoms with E-state index in [0.29, 0.717) is 0 Å². The number of halogens is 1. The third-order valence-corrected chi connectivity index (χ3v) is 5.16. The highest BCUT2D eigenvalue weighted by Gasteiger charge is 2.11. The molecule has 1 nitrogen and oxygen atoms in total. The van der Waals surface area contributed by atoms with Crippen LogP contribution in [0.15, 0.2) is 46.9 Å². The molecule has 0 aliphatic heterocycles. The van der Waals surface area contributed by atoms with Gasteiger partial charge in [0, 0.05) is 14.0 Å². The molecule has 1 N–H and O–H groups in total. The first-order chi connectivity index (χ1) is 9.20. The van der Waals surface area contributed by atoms with E-state index in [4.69, 9.17) is 0 Å². The molecular weight excluding hydrogens is 320 g/mol. The SMILES string of the molecule is Cc1c(CO)sc2c(-c3cccc(Br)c3)cccc12. The van der Waals surface area contributed by atoms with Gasteiger partial charge in [-0.1, -0.05) is 46.3 Å². The zero-order valence-corrected chi connectivity index (χ0v) is 12.9. The fourth-order valence-electron chi connectivity index (χ4n) is 2.33. The number of thiophene rings is 1. The second-order valence-electron chi connectivity index (χ2n) is 4.50. The van der Waals surface area contributed by atoms with Crippen molar-refractivity contribution in [2.45, 2.75) is 13.5 Å². The minimum atomic E-state index is 0.114. The van der Waals surface area contributed by atoms with E-state index in [1.54, 1.807) is 11.3 Å². The Hall–Kier alpha value is -1.16. The number of aryl methyl sites for hydroxylation is 1. The molecule has 0 atom stereocenters. The van der Waals surface area contributed by atoms with Gasteiger partial charge in [0.15, 0.2) is 0 Å². The van der Waals surface area contributed by atoms with Crippen LogP contribution in [0, 0.1) is 6.92 Å². The highest BCUT2D eigenvalue weighted by atomic mass is 79.9. The molecule has 3 aromatic rings. The molecule has 0 saturated heterocycles. The second kappa shape index (κ2) is 5.08. The van der Waals surface area contributed by atoms with Crippen LogP contribution in [0.2, 0.25) is 0 Å². The predicted octanol–water partition coefficient (Wildman–Crippen LogP) is 5.13. The highest BCUT2D eigenvalue weighted by molar-refractivity contribution is 9.10. The van der Waals surface area contributed by atoms with Crippen molar-refractivity contribution in [3.05, 3.63) is 57.4 Å². The molecule has 0 fully saturated rings. The zero-order chi connectivity index (χ0) is 13.4. The molecule has 0 aliphatic carbocycles. The fourth-order valence-corrected chi connectivity index (χ4v) is 3.93. The fraction of sp³-hybridized carbons (Fsp3) is 0.125.